The summed E-state index contributed by atoms with van der Waals surface area (Å²) in [6.45, 7) is 2.73. The molecule has 0 amide bonds. The van der Waals surface area contributed by atoms with E-state index in [0.29, 0.717) is 5.56 Å². The van der Waals surface area contributed by atoms with Crippen molar-refractivity contribution in [1.82, 2.24) is 0 Å². The number of anilines is 1. The van der Waals surface area contributed by atoms with Crippen LogP contribution in [0.15, 0.2) is 42.5 Å². The SMILES string of the molecule is Cc1ccc(N(C)Cc2ccc(Cl)cc2)c(C#N)c1. The van der Waals surface area contributed by atoms with Gasteiger partial charge in [0.25, 0.3) is 0 Å². The van der Waals surface area contributed by atoms with Crippen LogP contribution in [0.4, 0.5) is 5.69 Å². The summed E-state index contributed by atoms with van der Waals surface area (Å²) in [6.07, 6.45) is 0. The quantitative estimate of drug-likeness (QED) is 0.837. The highest BCUT2D eigenvalue weighted by Gasteiger charge is 2.08. The summed E-state index contributed by atoms with van der Waals surface area (Å²) in [5.74, 6) is 0. The summed E-state index contributed by atoms with van der Waals surface area (Å²) in [6, 6.07) is 15.9. The fourth-order valence-electron chi connectivity index (χ4n) is 2.02. The molecule has 0 bridgehead atoms. The minimum atomic E-state index is 0.705. The summed E-state index contributed by atoms with van der Waals surface area (Å²) in [4.78, 5) is 2.07. The van der Waals surface area contributed by atoms with Crippen molar-refractivity contribution in [1.29, 1.82) is 5.26 Å². The standard InChI is InChI=1S/C16H15ClN2/c1-12-3-8-16(14(9-12)10-18)19(2)11-13-4-6-15(17)7-5-13/h3-9H,11H2,1-2H3. The van der Waals surface area contributed by atoms with Gasteiger partial charge in [-0.2, -0.15) is 5.26 Å². The normalized spacial score (nSPS) is 10.0. The van der Waals surface area contributed by atoms with Gasteiger partial charge in [-0.1, -0.05) is 29.8 Å². The minimum absolute atomic E-state index is 0.705. The van der Waals surface area contributed by atoms with E-state index in [9.17, 15) is 5.26 Å². The van der Waals surface area contributed by atoms with Gasteiger partial charge in [0.05, 0.1) is 11.3 Å². The molecule has 96 valence electrons. The van der Waals surface area contributed by atoms with Crippen LogP contribution < -0.4 is 4.90 Å². The van der Waals surface area contributed by atoms with Gasteiger partial charge in [-0.15, -0.1) is 0 Å². The first-order valence-electron chi connectivity index (χ1n) is 6.06. The highest BCUT2D eigenvalue weighted by molar-refractivity contribution is 6.30. The Morgan fingerprint density at radius 3 is 2.47 bits per heavy atom. The number of halogens is 1. The van der Waals surface area contributed by atoms with Crippen molar-refractivity contribution in [3.8, 4) is 6.07 Å². The van der Waals surface area contributed by atoms with Gasteiger partial charge >= 0.3 is 0 Å². The second-order valence-corrected chi connectivity index (χ2v) is 5.05. The molecule has 0 spiro atoms. The van der Waals surface area contributed by atoms with Crippen LogP contribution in [0.5, 0.6) is 0 Å². The van der Waals surface area contributed by atoms with Crippen molar-refractivity contribution in [2.75, 3.05) is 11.9 Å². The van der Waals surface area contributed by atoms with Crippen LogP contribution in [0.1, 0.15) is 16.7 Å². The van der Waals surface area contributed by atoms with Gasteiger partial charge in [0.2, 0.25) is 0 Å². The van der Waals surface area contributed by atoms with Crippen LogP contribution >= 0.6 is 11.6 Å². The first kappa shape index (κ1) is 13.5. The molecule has 0 saturated heterocycles. The van der Waals surface area contributed by atoms with E-state index in [1.54, 1.807) is 0 Å². The molecule has 0 N–H and O–H groups in total. The van der Waals surface area contributed by atoms with Crippen LogP contribution in [-0.2, 0) is 6.54 Å². The van der Waals surface area contributed by atoms with E-state index >= 15 is 0 Å². The molecule has 0 unspecified atom stereocenters. The smallest absolute Gasteiger partial charge is 0.101 e. The molecule has 0 aromatic heterocycles. The molecule has 2 rings (SSSR count). The Hall–Kier alpha value is -1.98. The number of hydrogen-bond donors (Lipinski definition) is 0. The predicted octanol–water partition coefficient (Wildman–Crippen LogP) is 4.16. The number of benzene rings is 2. The van der Waals surface area contributed by atoms with Crippen LogP contribution in [0.2, 0.25) is 5.02 Å². The molecule has 2 aromatic rings. The number of nitrogens with zero attached hydrogens (tertiary/aromatic N) is 2. The maximum Gasteiger partial charge on any atom is 0.101 e. The Balaban J connectivity index is 2.23. The molecule has 0 aliphatic carbocycles. The zero-order valence-electron chi connectivity index (χ0n) is 11.0. The number of nitriles is 1. The van der Waals surface area contributed by atoms with E-state index in [1.807, 2.05) is 56.4 Å². The van der Waals surface area contributed by atoms with Crippen molar-refractivity contribution in [2.45, 2.75) is 13.5 Å². The molecule has 2 nitrogen and oxygen atoms in total. The molecule has 0 saturated carbocycles. The highest BCUT2D eigenvalue weighted by Crippen LogP contribution is 2.22. The average Bonchev–Trinajstić information content (AvgIpc) is 2.41. The summed E-state index contributed by atoms with van der Waals surface area (Å²) in [7, 11) is 1.99. The van der Waals surface area contributed by atoms with Gasteiger partial charge in [0.1, 0.15) is 6.07 Å². The summed E-state index contributed by atoms with van der Waals surface area (Å²) >= 11 is 5.87. The molecule has 0 radical (unpaired) electrons. The molecule has 0 aliphatic rings. The molecule has 0 fully saturated rings. The number of aryl methyl sites for hydroxylation is 1. The summed E-state index contributed by atoms with van der Waals surface area (Å²) in [5.41, 5.74) is 3.91. The molecule has 19 heavy (non-hydrogen) atoms. The molecular weight excluding hydrogens is 256 g/mol. The van der Waals surface area contributed by atoms with E-state index in [0.717, 1.165) is 28.4 Å². The van der Waals surface area contributed by atoms with Crippen LogP contribution in [0.25, 0.3) is 0 Å². The third-order valence-electron chi connectivity index (χ3n) is 3.02. The van der Waals surface area contributed by atoms with Gasteiger partial charge in [-0.05, 0) is 42.3 Å². The lowest BCUT2D eigenvalue weighted by Gasteiger charge is -2.21. The molecule has 2 aromatic carbocycles. The molecule has 0 aliphatic heterocycles. The van der Waals surface area contributed by atoms with Crippen molar-refractivity contribution in [3.63, 3.8) is 0 Å². The van der Waals surface area contributed by atoms with E-state index in [4.69, 9.17) is 11.6 Å². The van der Waals surface area contributed by atoms with Gasteiger partial charge in [0.15, 0.2) is 0 Å². The van der Waals surface area contributed by atoms with Crippen LogP contribution in [0, 0.1) is 18.3 Å². The van der Waals surface area contributed by atoms with E-state index in [2.05, 4.69) is 11.0 Å². The second-order valence-electron chi connectivity index (χ2n) is 4.61. The van der Waals surface area contributed by atoms with Gasteiger partial charge in [0, 0.05) is 18.6 Å². The molecule has 3 heteroatoms. The Kier molecular flexibility index (Phi) is 4.09. The lowest BCUT2D eigenvalue weighted by Crippen LogP contribution is -2.17. The maximum atomic E-state index is 9.20. The first-order valence-corrected chi connectivity index (χ1v) is 6.44. The van der Waals surface area contributed by atoms with Crippen molar-refractivity contribution >= 4 is 17.3 Å². The summed E-state index contributed by atoms with van der Waals surface area (Å²) in [5, 5.41) is 9.94. The fourth-order valence-corrected chi connectivity index (χ4v) is 2.15. The second kappa shape index (κ2) is 5.77. The lowest BCUT2D eigenvalue weighted by atomic mass is 10.1. The van der Waals surface area contributed by atoms with E-state index < -0.39 is 0 Å². The number of hydrogen-bond acceptors (Lipinski definition) is 2. The third-order valence-corrected chi connectivity index (χ3v) is 3.27. The van der Waals surface area contributed by atoms with Gasteiger partial charge < -0.3 is 4.90 Å². The Labute approximate surface area is 118 Å². The Morgan fingerprint density at radius 2 is 1.84 bits per heavy atom. The Morgan fingerprint density at radius 1 is 1.16 bits per heavy atom. The van der Waals surface area contributed by atoms with Crippen molar-refractivity contribution in [2.24, 2.45) is 0 Å². The largest absolute Gasteiger partial charge is 0.369 e. The zero-order chi connectivity index (χ0) is 13.8. The monoisotopic (exact) mass is 270 g/mol. The average molecular weight is 271 g/mol. The van der Waals surface area contributed by atoms with Crippen molar-refractivity contribution in [3.05, 3.63) is 64.2 Å². The van der Waals surface area contributed by atoms with Crippen molar-refractivity contribution < 1.29 is 0 Å². The lowest BCUT2D eigenvalue weighted by molar-refractivity contribution is 0.920. The van der Waals surface area contributed by atoms with E-state index in [-0.39, 0.29) is 0 Å². The van der Waals surface area contributed by atoms with E-state index in [1.165, 1.54) is 0 Å². The molecule has 0 atom stereocenters. The maximum absolute atomic E-state index is 9.20. The zero-order valence-corrected chi connectivity index (χ0v) is 11.8. The predicted molar refractivity (Wildman–Crippen MR) is 79.5 cm³/mol. The minimum Gasteiger partial charge on any atom is -0.369 e. The molecular formula is C16H15ClN2. The van der Waals surface area contributed by atoms with Gasteiger partial charge in [-0.3, -0.25) is 0 Å². The van der Waals surface area contributed by atoms with Crippen LogP contribution in [-0.4, -0.2) is 7.05 Å². The summed E-state index contributed by atoms with van der Waals surface area (Å²) < 4.78 is 0. The topological polar surface area (TPSA) is 27.0 Å². The fraction of sp³-hybridized carbons (Fsp3) is 0.188. The van der Waals surface area contributed by atoms with Crippen LogP contribution in [0.3, 0.4) is 0 Å². The Bertz CT molecular complexity index is 612. The number of rotatable bonds is 3. The first-order chi connectivity index (χ1) is 9.10. The third kappa shape index (κ3) is 3.27. The molecule has 0 heterocycles. The highest BCUT2D eigenvalue weighted by atomic mass is 35.5. The van der Waals surface area contributed by atoms with Gasteiger partial charge in [-0.25, -0.2) is 0 Å².